The van der Waals surface area contributed by atoms with Gasteiger partial charge in [-0.1, -0.05) is 32.9 Å². The molecule has 0 heterocycles. The predicted molar refractivity (Wildman–Crippen MR) is 64.5 cm³/mol. The van der Waals surface area contributed by atoms with Crippen molar-refractivity contribution in [1.82, 2.24) is 0 Å². The lowest BCUT2D eigenvalue weighted by molar-refractivity contribution is -0.0770. The summed E-state index contributed by atoms with van der Waals surface area (Å²) in [4.78, 5) is 0. The van der Waals surface area contributed by atoms with Crippen molar-refractivity contribution in [3.63, 3.8) is 0 Å². The van der Waals surface area contributed by atoms with Crippen molar-refractivity contribution in [1.29, 1.82) is 0 Å². The summed E-state index contributed by atoms with van der Waals surface area (Å²) in [5.41, 5.74) is 2.30. The molecular formula is C15H24. The molecule has 0 aromatic carbocycles. The quantitative estimate of drug-likeness (QED) is 0.559. The van der Waals surface area contributed by atoms with Crippen LogP contribution < -0.4 is 0 Å². The van der Waals surface area contributed by atoms with E-state index in [-0.39, 0.29) is 0 Å². The first kappa shape index (κ1) is 9.93. The normalized spacial score (nSPS) is 52.9. The fourth-order valence-corrected chi connectivity index (χ4v) is 5.27. The highest BCUT2D eigenvalue weighted by atomic mass is 14.7. The fraction of sp³-hybridized carbons (Fsp3) is 0.867. The second-order valence-electron chi connectivity index (χ2n) is 6.81. The molecule has 0 nitrogen and oxygen atoms in total. The molecule has 3 aliphatic carbocycles. The average molecular weight is 204 g/mol. The van der Waals surface area contributed by atoms with Crippen LogP contribution in [0.25, 0.3) is 0 Å². The Kier molecular flexibility index (Phi) is 1.92. The van der Waals surface area contributed by atoms with E-state index in [1.807, 2.05) is 0 Å². The van der Waals surface area contributed by atoms with Crippen molar-refractivity contribution in [2.75, 3.05) is 0 Å². The van der Waals surface area contributed by atoms with Crippen LogP contribution in [0, 0.1) is 35.0 Å². The third-order valence-electron chi connectivity index (χ3n) is 6.01. The molecule has 3 aliphatic rings. The molecule has 15 heavy (non-hydrogen) atoms. The lowest BCUT2D eigenvalue weighted by Gasteiger charge is -2.57. The summed E-state index contributed by atoms with van der Waals surface area (Å²) in [6, 6.07) is 0. The van der Waals surface area contributed by atoms with E-state index in [1.54, 1.807) is 5.57 Å². The Hall–Kier alpha value is -0.260. The monoisotopic (exact) mass is 204 g/mol. The molecule has 0 amide bonds. The maximum absolute atomic E-state index is 4.32. The first-order valence-electron chi connectivity index (χ1n) is 6.73. The summed E-state index contributed by atoms with van der Waals surface area (Å²) >= 11 is 0. The van der Waals surface area contributed by atoms with Gasteiger partial charge in [-0.3, -0.25) is 0 Å². The molecule has 3 saturated carbocycles. The van der Waals surface area contributed by atoms with Crippen LogP contribution in [0.15, 0.2) is 12.2 Å². The summed E-state index contributed by atoms with van der Waals surface area (Å²) in [5, 5.41) is 0. The van der Waals surface area contributed by atoms with Crippen molar-refractivity contribution >= 4 is 0 Å². The number of rotatable bonds is 1. The lowest BCUT2D eigenvalue weighted by atomic mass is 9.47. The molecule has 0 radical (unpaired) electrons. The van der Waals surface area contributed by atoms with Crippen molar-refractivity contribution in [2.45, 2.75) is 46.5 Å². The minimum absolute atomic E-state index is 0.707. The number of fused-ring (bicyclic) bond motifs is 4. The van der Waals surface area contributed by atoms with E-state index in [9.17, 15) is 0 Å². The third kappa shape index (κ3) is 1.04. The van der Waals surface area contributed by atoms with Gasteiger partial charge in [-0.2, -0.15) is 0 Å². The van der Waals surface area contributed by atoms with Crippen LogP contribution in [0.5, 0.6) is 0 Å². The zero-order valence-corrected chi connectivity index (χ0v) is 10.4. The summed E-state index contributed by atoms with van der Waals surface area (Å²) in [6.07, 6.45) is 5.75. The Morgan fingerprint density at radius 3 is 2.73 bits per heavy atom. The van der Waals surface area contributed by atoms with Gasteiger partial charge in [0.05, 0.1) is 0 Å². The van der Waals surface area contributed by atoms with Gasteiger partial charge in [-0.05, 0) is 60.7 Å². The zero-order chi connectivity index (χ0) is 10.8. The van der Waals surface area contributed by atoms with Gasteiger partial charge in [-0.15, -0.1) is 0 Å². The Morgan fingerprint density at radius 2 is 2.07 bits per heavy atom. The van der Waals surface area contributed by atoms with E-state index in [2.05, 4.69) is 27.4 Å². The fourth-order valence-electron chi connectivity index (χ4n) is 5.27. The molecule has 3 fully saturated rings. The molecule has 0 bridgehead atoms. The van der Waals surface area contributed by atoms with E-state index in [0.717, 1.165) is 29.6 Å². The van der Waals surface area contributed by atoms with Crippen LogP contribution in [-0.2, 0) is 0 Å². The highest BCUT2D eigenvalue weighted by molar-refractivity contribution is 5.25. The second-order valence-corrected chi connectivity index (χ2v) is 6.81. The highest BCUT2D eigenvalue weighted by Crippen LogP contribution is 2.73. The van der Waals surface area contributed by atoms with Gasteiger partial charge in [0.25, 0.3) is 0 Å². The van der Waals surface area contributed by atoms with Crippen LogP contribution in [-0.4, -0.2) is 0 Å². The van der Waals surface area contributed by atoms with Crippen LogP contribution >= 0.6 is 0 Å². The Bertz CT molecular complexity index is 301. The van der Waals surface area contributed by atoms with Crippen LogP contribution in [0.4, 0.5) is 0 Å². The van der Waals surface area contributed by atoms with Crippen molar-refractivity contribution < 1.29 is 0 Å². The van der Waals surface area contributed by atoms with Gasteiger partial charge in [0.2, 0.25) is 0 Å². The van der Waals surface area contributed by atoms with E-state index < -0.39 is 0 Å². The molecule has 0 aromatic heterocycles. The molecule has 0 aliphatic heterocycles. The molecule has 3 rings (SSSR count). The van der Waals surface area contributed by atoms with Crippen LogP contribution in [0.2, 0.25) is 0 Å². The average Bonchev–Trinajstić information content (AvgIpc) is 2.62. The van der Waals surface area contributed by atoms with Gasteiger partial charge < -0.3 is 0 Å². The zero-order valence-electron chi connectivity index (χ0n) is 10.4. The van der Waals surface area contributed by atoms with Gasteiger partial charge in [0.15, 0.2) is 0 Å². The lowest BCUT2D eigenvalue weighted by Crippen LogP contribution is -2.52. The molecule has 5 atom stereocenters. The summed E-state index contributed by atoms with van der Waals surface area (Å²) in [5.74, 6) is 4.80. The first-order valence-corrected chi connectivity index (χ1v) is 6.73. The molecule has 0 N–H and O–H groups in total. The Labute approximate surface area is 94.1 Å². The standard InChI is InChI=1S/C15H24/c1-9(2)11-7-8-15(4)12-6-5-10(3)13(12)14(11)15/h9,11-14H,3,5-8H2,1-2,4H3/t11-,12?,13?,14?,15-/m0/s1. The maximum atomic E-state index is 4.32. The van der Waals surface area contributed by atoms with Gasteiger partial charge in [0, 0.05) is 0 Å². The van der Waals surface area contributed by atoms with Crippen LogP contribution in [0.1, 0.15) is 46.5 Å². The van der Waals surface area contributed by atoms with E-state index in [4.69, 9.17) is 0 Å². The summed E-state index contributed by atoms with van der Waals surface area (Å²) < 4.78 is 0. The predicted octanol–water partition coefficient (Wildman–Crippen LogP) is 4.27. The van der Waals surface area contributed by atoms with Gasteiger partial charge in [0.1, 0.15) is 0 Å². The van der Waals surface area contributed by atoms with Crippen molar-refractivity contribution in [2.24, 2.45) is 35.0 Å². The van der Waals surface area contributed by atoms with E-state index in [0.29, 0.717) is 5.41 Å². The van der Waals surface area contributed by atoms with Gasteiger partial charge >= 0.3 is 0 Å². The minimum atomic E-state index is 0.707. The highest BCUT2D eigenvalue weighted by Gasteiger charge is 2.66. The molecule has 0 spiro atoms. The largest absolute Gasteiger partial charge is 0.0996 e. The number of hydrogen-bond acceptors (Lipinski definition) is 0. The number of allylic oxidation sites excluding steroid dienone is 1. The van der Waals surface area contributed by atoms with Gasteiger partial charge in [-0.25, -0.2) is 0 Å². The van der Waals surface area contributed by atoms with Crippen molar-refractivity contribution in [3.8, 4) is 0 Å². The maximum Gasteiger partial charge on any atom is -0.0136 e. The van der Waals surface area contributed by atoms with E-state index >= 15 is 0 Å². The third-order valence-corrected chi connectivity index (χ3v) is 6.01. The molecular weight excluding hydrogens is 180 g/mol. The smallest absolute Gasteiger partial charge is 0.0136 e. The first-order chi connectivity index (χ1) is 7.05. The topological polar surface area (TPSA) is 0 Å². The molecule has 0 saturated heterocycles. The Morgan fingerprint density at radius 1 is 1.33 bits per heavy atom. The summed E-state index contributed by atoms with van der Waals surface area (Å²) in [7, 11) is 0. The van der Waals surface area contributed by atoms with Crippen LogP contribution in [0.3, 0.4) is 0 Å². The molecule has 84 valence electrons. The molecule has 0 heteroatoms. The molecule has 0 aromatic rings. The Balaban J connectivity index is 1.91. The SMILES string of the molecule is C=C1CCC2C1C1[C@H](C(C)C)CC[C@@]21C. The summed E-state index contributed by atoms with van der Waals surface area (Å²) in [6.45, 7) is 11.7. The number of hydrogen-bond donors (Lipinski definition) is 0. The van der Waals surface area contributed by atoms with Crippen molar-refractivity contribution in [3.05, 3.63) is 12.2 Å². The van der Waals surface area contributed by atoms with E-state index in [1.165, 1.54) is 25.7 Å². The second kappa shape index (κ2) is 2.90. The molecule has 3 unspecified atom stereocenters. The minimum Gasteiger partial charge on any atom is -0.0996 e.